The van der Waals surface area contributed by atoms with Gasteiger partial charge in [-0.05, 0) is 74.7 Å². The van der Waals surface area contributed by atoms with Crippen molar-refractivity contribution in [2.45, 2.75) is 63.5 Å². The lowest BCUT2D eigenvalue weighted by atomic mass is 9.99. The highest BCUT2D eigenvalue weighted by molar-refractivity contribution is 7.92. The number of ether oxygens (including phenoxy) is 1. The zero-order chi connectivity index (χ0) is 27.7. The Kier molecular flexibility index (Phi) is 10.5. The third kappa shape index (κ3) is 7.23. The number of anilines is 4. The van der Waals surface area contributed by atoms with E-state index in [9.17, 15) is 8.42 Å². The molecule has 38 heavy (non-hydrogen) atoms. The highest BCUT2D eigenvalue weighted by Crippen LogP contribution is 2.34. The highest BCUT2D eigenvalue weighted by atomic mass is 35.5. The molecule has 0 aliphatic heterocycles. The quantitative estimate of drug-likeness (QED) is 0.223. The number of benzene rings is 2. The topological polar surface area (TPSA) is 106 Å². The van der Waals surface area contributed by atoms with Gasteiger partial charge in [-0.2, -0.15) is 4.98 Å². The van der Waals surface area contributed by atoms with Crippen LogP contribution in [0.1, 0.15) is 51.7 Å². The van der Waals surface area contributed by atoms with Crippen LogP contribution in [0.15, 0.2) is 52.5 Å². The van der Waals surface area contributed by atoms with Gasteiger partial charge in [-0.25, -0.2) is 13.4 Å². The summed E-state index contributed by atoms with van der Waals surface area (Å²) in [6, 6.07) is 10.8. The molecule has 0 aliphatic carbocycles. The Balaban J connectivity index is 1.95. The number of rotatable bonds is 13. The van der Waals surface area contributed by atoms with Crippen molar-refractivity contribution in [2.24, 2.45) is 4.99 Å². The van der Waals surface area contributed by atoms with E-state index in [-0.39, 0.29) is 21.7 Å². The van der Waals surface area contributed by atoms with Gasteiger partial charge in [0.05, 0.1) is 34.8 Å². The van der Waals surface area contributed by atoms with E-state index < -0.39 is 15.1 Å². The summed E-state index contributed by atoms with van der Waals surface area (Å²) in [7, 11) is -1.90. The van der Waals surface area contributed by atoms with Crippen molar-refractivity contribution in [1.82, 2.24) is 9.97 Å². The predicted molar refractivity (Wildman–Crippen MR) is 157 cm³/mol. The van der Waals surface area contributed by atoms with Crippen LogP contribution in [0.2, 0.25) is 5.02 Å². The molecule has 2 N–H and O–H groups in total. The number of halogens is 1. The molecule has 0 radical (unpaired) electrons. The normalized spacial score (nSPS) is 11.8. The zero-order valence-corrected chi connectivity index (χ0v) is 24.2. The minimum atomic E-state index is -3.52. The van der Waals surface area contributed by atoms with Crippen molar-refractivity contribution in [3.63, 3.8) is 0 Å². The fourth-order valence-electron chi connectivity index (χ4n) is 3.91. The maximum Gasteiger partial charge on any atom is 0.229 e. The van der Waals surface area contributed by atoms with E-state index in [2.05, 4.69) is 45.5 Å². The number of hydrogen-bond acceptors (Lipinski definition) is 8. The van der Waals surface area contributed by atoms with Gasteiger partial charge in [0.2, 0.25) is 5.95 Å². The molecular formula is C28H36ClN5O3S. The second-order valence-corrected chi connectivity index (χ2v) is 11.9. The molecule has 1 aromatic heterocycles. The van der Waals surface area contributed by atoms with Gasteiger partial charge in [0.15, 0.2) is 15.7 Å². The summed E-state index contributed by atoms with van der Waals surface area (Å²) in [4.78, 5) is 13.5. The lowest BCUT2D eigenvalue weighted by Gasteiger charge is -2.17. The molecule has 204 valence electrons. The Morgan fingerprint density at radius 1 is 1.08 bits per heavy atom. The van der Waals surface area contributed by atoms with Crippen LogP contribution in [0.3, 0.4) is 0 Å². The maximum absolute atomic E-state index is 12.9. The fourth-order valence-corrected chi connectivity index (χ4v) is 5.25. The molecule has 0 fully saturated rings. The second kappa shape index (κ2) is 13.6. The Labute approximate surface area is 230 Å². The minimum Gasteiger partial charge on any atom is -0.495 e. The largest absolute Gasteiger partial charge is 0.495 e. The van der Waals surface area contributed by atoms with Gasteiger partial charge >= 0.3 is 0 Å². The number of aliphatic imine (C=N–C) groups is 1. The molecule has 3 aromatic rings. The number of nitrogens with one attached hydrogen (secondary N) is 2. The molecule has 0 spiro atoms. The molecule has 0 saturated carbocycles. The standard InChI is InChI=1S/C28H36ClN5O3S/c1-6-10-20-17-25(37-5)24(16-21(20)13-15-30-14-7-2)33-28-31-18-22(29)27(34-28)32-23-11-8-9-12-26(23)38(35,36)19(3)4/h8-9,11-12,14,16-19H,6-7,10,13,15H2,1-5H3,(H2,31,32,33,34). The number of methoxy groups -OCH3 is 1. The summed E-state index contributed by atoms with van der Waals surface area (Å²) >= 11 is 6.40. The summed E-state index contributed by atoms with van der Waals surface area (Å²) in [5.41, 5.74) is 3.52. The number of para-hydroxylation sites is 1. The van der Waals surface area contributed by atoms with E-state index in [1.807, 2.05) is 12.3 Å². The Bertz CT molecular complexity index is 1380. The van der Waals surface area contributed by atoms with Crippen LogP contribution in [-0.2, 0) is 22.7 Å². The summed E-state index contributed by atoms with van der Waals surface area (Å²) in [6.07, 6.45) is 7.08. The number of sulfone groups is 1. The van der Waals surface area contributed by atoms with Crippen molar-refractivity contribution in [2.75, 3.05) is 24.3 Å². The summed E-state index contributed by atoms with van der Waals surface area (Å²) in [6.45, 7) is 8.22. The first-order valence-electron chi connectivity index (χ1n) is 12.8. The highest BCUT2D eigenvalue weighted by Gasteiger charge is 2.23. The van der Waals surface area contributed by atoms with E-state index >= 15 is 0 Å². The van der Waals surface area contributed by atoms with Gasteiger partial charge in [0.25, 0.3) is 0 Å². The lowest BCUT2D eigenvalue weighted by Crippen LogP contribution is -2.15. The molecule has 10 heteroatoms. The molecule has 0 saturated heterocycles. The van der Waals surface area contributed by atoms with Gasteiger partial charge in [0.1, 0.15) is 10.8 Å². The van der Waals surface area contributed by atoms with Crippen LogP contribution in [0, 0.1) is 0 Å². The molecule has 3 rings (SSSR count). The Morgan fingerprint density at radius 2 is 1.82 bits per heavy atom. The first kappa shape index (κ1) is 29.4. The van der Waals surface area contributed by atoms with E-state index in [4.69, 9.17) is 16.3 Å². The van der Waals surface area contributed by atoms with Crippen LogP contribution >= 0.6 is 11.6 Å². The van der Waals surface area contributed by atoms with Crippen molar-refractivity contribution < 1.29 is 13.2 Å². The van der Waals surface area contributed by atoms with E-state index in [1.165, 1.54) is 17.3 Å². The minimum absolute atomic E-state index is 0.183. The first-order chi connectivity index (χ1) is 18.2. The fraction of sp³-hybridized carbons (Fsp3) is 0.393. The lowest BCUT2D eigenvalue weighted by molar-refractivity contribution is 0.416. The SMILES string of the molecule is CCC=NCCc1cc(Nc2ncc(Cl)c(Nc3ccccc3S(=O)(=O)C(C)C)n2)c(OC)cc1CCC. The van der Waals surface area contributed by atoms with E-state index in [1.54, 1.807) is 45.2 Å². The van der Waals surface area contributed by atoms with Gasteiger partial charge in [-0.1, -0.05) is 44.0 Å². The summed E-state index contributed by atoms with van der Waals surface area (Å²) in [5.74, 6) is 1.25. The zero-order valence-electron chi connectivity index (χ0n) is 22.6. The smallest absolute Gasteiger partial charge is 0.229 e. The van der Waals surface area contributed by atoms with Gasteiger partial charge < -0.3 is 15.4 Å². The monoisotopic (exact) mass is 557 g/mol. The molecule has 0 atom stereocenters. The van der Waals surface area contributed by atoms with Crippen LogP contribution in [0.5, 0.6) is 5.75 Å². The summed E-state index contributed by atoms with van der Waals surface area (Å²) < 4.78 is 31.4. The molecular weight excluding hydrogens is 522 g/mol. The molecule has 1 heterocycles. The van der Waals surface area contributed by atoms with Gasteiger partial charge in [0, 0.05) is 6.54 Å². The predicted octanol–water partition coefficient (Wildman–Crippen LogP) is 6.78. The van der Waals surface area contributed by atoms with Crippen LogP contribution in [0.25, 0.3) is 0 Å². The summed E-state index contributed by atoms with van der Waals surface area (Å²) in [5, 5.41) is 6.01. The third-order valence-electron chi connectivity index (χ3n) is 5.92. The molecule has 0 unspecified atom stereocenters. The van der Waals surface area contributed by atoms with Crippen molar-refractivity contribution in [1.29, 1.82) is 0 Å². The van der Waals surface area contributed by atoms with Crippen LogP contribution in [0.4, 0.5) is 23.1 Å². The van der Waals surface area contributed by atoms with Crippen molar-refractivity contribution in [3.05, 3.63) is 58.7 Å². The first-order valence-corrected chi connectivity index (χ1v) is 14.7. The molecule has 8 nitrogen and oxygen atoms in total. The molecule has 2 aromatic carbocycles. The second-order valence-electron chi connectivity index (χ2n) is 9.05. The van der Waals surface area contributed by atoms with Crippen LogP contribution in [-0.4, -0.2) is 43.5 Å². The van der Waals surface area contributed by atoms with Crippen molar-refractivity contribution >= 4 is 50.8 Å². The Hall–Kier alpha value is -3.17. The number of aromatic nitrogens is 2. The van der Waals surface area contributed by atoms with Gasteiger partial charge in [-0.3, -0.25) is 4.99 Å². The van der Waals surface area contributed by atoms with E-state index in [0.29, 0.717) is 18.0 Å². The number of hydrogen-bond donors (Lipinski definition) is 2. The maximum atomic E-state index is 12.9. The average molecular weight is 558 g/mol. The number of nitrogens with zero attached hydrogens (tertiary/aromatic N) is 3. The molecule has 0 aliphatic rings. The number of aryl methyl sites for hydroxylation is 1. The molecule has 0 bridgehead atoms. The molecule has 0 amide bonds. The Morgan fingerprint density at radius 3 is 2.50 bits per heavy atom. The van der Waals surface area contributed by atoms with Crippen molar-refractivity contribution in [3.8, 4) is 5.75 Å². The third-order valence-corrected chi connectivity index (χ3v) is 8.41. The van der Waals surface area contributed by atoms with E-state index in [0.717, 1.165) is 31.4 Å². The van der Waals surface area contributed by atoms with Crippen LogP contribution < -0.4 is 15.4 Å². The van der Waals surface area contributed by atoms with Gasteiger partial charge in [-0.15, -0.1) is 0 Å². The average Bonchev–Trinajstić information content (AvgIpc) is 2.90.